The van der Waals surface area contributed by atoms with Gasteiger partial charge in [0.25, 0.3) is 0 Å². The Bertz CT molecular complexity index is 310. The van der Waals surface area contributed by atoms with Crippen LogP contribution in [-0.2, 0) is 4.74 Å². The van der Waals surface area contributed by atoms with Crippen molar-refractivity contribution in [3.63, 3.8) is 0 Å². The lowest BCUT2D eigenvalue weighted by Gasteiger charge is -1.98. The molecule has 1 aromatic rings. The summed E-state index contributed by atoms with van der Waals surface area (Å²) in [6.45, 7) is 0. The summed E-state index contributed by atoms with van der Waals surface area (Å²) in [5.74, 6) is -0.416. The molecule has 1 N–H and O–H groups in total. The number of hydrogen-bond acceptors (Lipinski definition) is 4. The van der Waals surface area contributed by atoms with Crippen molar-refractivity contribution in [2.24, 2.45) is 5.11 Å². The molecule has 0 unspecified atom stereocenters. The number of nitrogens with one attached hydrogen (secondary N) is 1. The van der Waals surface area contributed by atoms with Crippen molar-refractivity contribution >= 4 is 11.7 Å². The Morgan fingerprint density at radius 3 is 2.92 bits per heavy atom. The van der Waals surface area contributed by atoms with Gasteiger partial charge in [0.05, 0.1) is 18.4 Å². The molecule has 0 saturated carbocycles. The number of carbonyl (C=O) groups excluding carboxylic acids is 1. The third-order valence-electron chi connectivity index (χ3n) is 1.40. The molecule has 0 atom stereocenters. The molecule has 0 saturated heterocycles. The van der Waals surface area contributed by atoms with E-state index in [1.807, 2.05) is 0 Å². The van der Waals surface area contributed by atoms with Gasteiger partial charge in [-0.1, -0.05) is 6.07 Å². The van der Waals surface area contributed by atoms with Crippen molar-refractivity contribution in [2.45, 2.75) is 0 Å². The molecule has 0 heterocycles. The second-order valence-electron chi connectivity index (χ2n) is 2.15. The molecule has 1 rings (SSSR count). The maximum Gasteiger partial charge on any atom is 0.337 e. The van der Waals surface area contributed by atoms with E-state index in [9.17, 15) is 4.79 Å². The van der Waals surface area contributed by atoms with Gasteiger partial charge in [0, 0.05) is 0 Å². The van der Waals surface area contributed by atoms with E-state index in [4.69, 9.17) is 5.53 Å². The molecule has 0 fully saturated rings. The predicted molar refractivity (Wildman–Crippen MR) is 42.6 cm³/mol. The minimum Gasteiger partial charge on any atom is -0.465 e. The topological polar surface area (TPSA) is 62.5 Å². The van der Waals surface area contributed by atoms with Gasteiger partial charge < -0.3 is 4.74 Å². The molecule has 62 valence electrons. The average molecular weight is 164 g/mol. The molecule has 0 radical (unpaired) electrons. The number of esters is 1. The Balaban J connectivity index is 3.01. The van der Waals surface area contributed by atoms with Crippen molar-refractivity contribution in [3.05, 3.63) is 29.8 Å². The molecule has 0 aromatic heterocycles. The van der Waals surface area contributed by atoms with Crippen molar-refractivity contribution in [1.29, 1.82) is 5.53 Å². The van der Waals surface area contributed by atoms with Crippen molar-refractivity contribution in [1.82, 2.24) is 0 Å². The maximum absolute atomic E-state index is 11.0. The number of nitrogens with zero attached hydrogens (tertiary/aromatic N) is 1. The molecular weight excluding hydrogens is 156 g/mol. The Labute approximate surface area is 69.7 Å². The van der Waals surface area contributed by atoms with Gasteiger partial charge in [-0.3, -0.25) is 0 Å². The molecule has 1 aromatic carbocycles. The second kappa shape index (κ2) is 3.61. The second-order valence-corrected chi connectivity index (χ2v) is 2.15. The monoisotopic (exact) mass is 164 g/mol. The quantitative estimate of drug-likeness (QED) is 0.537. The Morgan fingerprint density at radius 2 is 2.33 bits per heavy atom. The molecule has 0 amide bonds. The van der Waals surface area contributed by atoms with Crippen LogP contribution in [0.4, 0.5) is 5.69 Å². The molecule has 0 aliphatic rings. The normalized spacial score (nSPS) is 9.08. The summed E-state index contributed by atoms with van der Waals surface area (Å²) in [5.41, 5.74) is 7.56. The number of methoxy groups -OCH3 is 1. The summed E-state index contributed by atoms with van der Waals surface area (Å²) in [6, 6.07) is 6.40. The molecule has 0 aliphatic heterocycles. The van der Waals surface area contributed by atoms with Gasteiger partial charge in [-0.15, -0.1) is 0 Å². The van der Waals surface area contributed by atoms with Gasteiger partial charge in [-0.05, 0) is 18.2 Å². The van der Waals surface area contributed by atoms with E-state index >= 15 is 0 Å². The number of hydrogen-bond donors (Lipinski definition) is 1. The summed E-state index contributed by atoms with van der Waals surface area (Å²) in [4.78, 5) is 11.0. The van der Waals surface area contributed by atoms with Crippen LogP contribution >= 0.6 is 0 Å². The Hall–Kier alpha value is -1.71. The van der Waals surface area contributed by atoms with Gasteiger partial charge >= 0.3 is 5.97 Å². The minimum atomic E-state index is -0.416. The smallest absolute Gasteiger partial charge is 0.337 e. The molecule has 0 aliphatic carbocycles. The van der Waals surface area contributed by atoms with Crippen LogP contribution in [0.5, 0.6) is 0 Å². The van der Waals surface area contributed by atoms with Crippen LogP contribution in [0.25, 0.3) is 0 Å². The van der Waals surface area contributed by atoms with Crippen LogP contribution in [0.1, 0.15) is 10.4 Å². The third-order valence-corrected chi connectivity index (χ3v) is 1.40. The van der Waals surface area contributed by atoms with Crippen LogP contribution in [0.15, 0.2) is 29.4 Å². The van der Waals surface area contributed by atoms with Crippen LogP contribution in [0, 0.1) is 5.53 Å². The first-order valence-corrected chi connectivity index (χ1v) is 3.34. The zero-order valence-electron chi connectivity index (χ0n) is 6.57. The molecule has 4 nitrogen and oxygen atoms in total. The molecular formula is C8H8N2O2. The number of rotatable bonds is 2. The first-order valence-electron chi connectivity index (χ1n) is 3.34. The zero-order valence-corrected chi connectivity index (χ0v) is 6.57. The van der Waals surface area contributed by atoms with Crippen molar-refractivity contribution in [2.75, 3.05) is 7.11 Å². The third kappa shape index (κ3) is 1.66. The summed E-state index contributed by atoms with van der Waals surface area (Å²) >= 11 is 0. The Kier molecular flexibility index (Phi) is 2.53. The van der Waals surface area contributed by atoms with Crippen LogP contribution < -0.4 is 0 Å². The lowest BCUT2D eigenvalue weighted by atomic mass is 10.2. The van der Waals surface area contributed by atoms with E-state index in [0.717, 1.165) is 0 Å². The molecule has 12 heavy (non-hydrogen) atoms. The largest absolute Gasteiger partial charge is 0.465 e. The van der Waals surface area contributed by atoms with E-state index in [-0.39, 0.29) is 0 Å². The Morgan fingerprint density at radius 1 is 1.58 bits per heavy atom. The maximum atomic E-state index is 11.0. The predicted octanol–water partition coefficient (Wildman–Crippen LogP) is 2.14. The number of carbonyl (C=O) groups is 1. The fourth-order valence-corrected chi connectivity index (χ4v) is 0.820. The molecule has 4 heteroatoms. The highest BCUT2D eigenvalue weighted by Gasteiger charge is 2.04. The fraction of sp³-hybridized carbons (Fsp3) is 0.125. The highest BCUT2D eigenvalue weighted by atomic mass is 16.5. The minimum absolute atomic E-state index is 0.408. The fourth-order valence-electron chi connectivity index (χ4n) is 0.820. The van der Waals surface area contributed by atoms with E-state index in [1.165, 1.54) is 13.2 Å². The van der Waals surface area contributed by atoms with Gasteiger partial charge in [-0.25, -0.2) is 10.3 Å². The first kappa shape index (κ1) is 8.39. The van der Waals surface area contributed by atoms with E-state index < -0.39 is 5.97 Å². The molecule has 0 bridgehead atoms. The van der Waals surface area contributed by atoms with Gasteiger partial charge in [0.15, 0.2) is 0 Å². The van der Waals surface area contributed by atoms with Crippen molar-refractivity contribution in [3.8, 4) is 0 Å². The van der Waals surface area contributed by atoms with Crippen LogP contribution in [-0.4, -0.2) is 13.1 Å². The lowest BCUT2D eigenvalue weighted by Crippen LogP contribution is -1.99. The summed E-state index contributed by atoms with van der Waals surface area (Å²) in [7, 11) is 1.31. The first-order chi connectivity index (χ1) is 5.77. The van der Waals surface area contributed by atoms with Crippen LogP contribution in [0.3, 0.4) is 0 Å². The average Bonchev–Trinajstić information content (AvgIpc) is 2.17. The highest BCUT2D eigenvalue weighted by Crippen LogP contribution is 2.13. The number of ether oxygens (including phenoxy) is 1. The van der Waals surface area contributed by atoms with E-state index in [2.05, 4.69) is 9.85 Å². The van der Waals surface area contributed by atoms with Gasteiger partial charge in [-0.2, -0.15) is 5.11 Å². The van der Waals surface area contributed by atoms with E-state index in [0.29, 0.717) is 11.3 Å². The van der Waals surface area contributed by atoms with E-state index in [1.54, 1.807) is 18.2 Å². The van der Waals surface area contributed by atoms with Gasteiger partial charge in [0.1, 0.15) is 0 Å². The summed E-state index contributed by atoms with van der Waals surface area (Å²) in [5, 5.41) is 3.19. The summed E-state index contributed by atoms with van der Waals surface area (Å²) < 4.78 is 4.49. The van der Waals surface area contributed by atoms with Gasteiger partial charge in [0.2, 0.25) is 0 Å². The number of benzene rings is 1. The lowest BCUT2D eigenvalue weighted by molar-refractivity contribution is 0.0601. The highest BCUT2D eigenvalue weighted by molar-refractivity contribution is 5.90. The SMILES string of the molecule is COC(=O)c1cccc(N=N)c1. The summed E-state index contributed by atoms with van der Waals surface area (Å²) in [6.07, 6.45) is 0. The van der Waals surface area contributed by atoms with Crippen LogP contribution in [0.2, 0.25) is 0 Å². The molecule has 0 spiro atoms. The van der Waals surface area contributed by atoms with Crippen molar-refractivity contribution < 1.29 is 9.53 Å². The zero-order chi connectivity index (χ0) is 8.97. The standard InChI is InChI=1S/C8H8N2O2/c1-12-8(11)6-3-2-4-7(5-6)10-9/h2-5,9H,1H3.